The van der Waals surface area contributed by atoms with Crippen molar-refractivity contribution in [3.63, 3.8) is 0 Å². The molecular weight excluding hydrogens is 198 g/mol. The van der Waals surface area contributed by atoms with Gasteiger partial charge in [0, 0.05) is 0 Å². The predicted octanol–water partition coefficient (Wildman–Crippen LogP) is 0.567. The SMILES string of the molecule is CCC(N)c1nnc(C2COCCO2)o1. The third-order valence-electron chi connectivity index (χ3n) is 2.30. The van der Waals surface area contributed by atoms with Crippen molar-refractivity contribution in [1.29, 1.82) is 0 Å². The van der Waals surface area contributed by atoms with Gasteiger partial charge in [-0.15, -0.1) is 10.2 Å². The molecule has 6 heteroatoms. The third-order valence-corrected chi connectivity index (χ3v) is 2.30. The molecule has 2 unspecified atom stereocenters. The summed E-state index contributed by atoms with van der Waals surface area (Å²) in [5.74, 6) is 0.912. The van der Waals surface area contributed by atoms with Crippen molar-refractivity contribution in [2.45, 2.75) is 25.5 Å². The molecule has 0 spiro atoms. The Hall–Kier alpha value is -0.980. The van der Waals surface area contributed by atoms with E-state index < -0.39 is 0 Å². The number of hydrogen-bond acceptors (Lipinski definition) is 6. The van der Waals surface area contributed by atoms with Crippen molar-refractivity contribution < 1.29 is 13.9 Å². The molecular formula is C9H15N3O3. The van der Waals surface area contributed by atoms with Crippen LogP contribution < -0.4 is 5.73 Å². The van der Waals surface area contributed by atoms with Crippen LogP contribution in [-0.4, -0.2) is 30.0 Å². The molecule has 1 fully saturated rings. The van der Waals surface area contributed by atoms with Crippen molar-refractivity contribution in [3.05, 3.63) is 11.8 Å². The van der Waals surface area contributed by atoms with E-state index in [1.54, 1.807) is 0 Å². The first-order chi connectivity index (χ1) is 7.31. The molecule has 2 rings (SSSR count). The average molecular weight is 213 g/mol. The lowest BCUT2D eigenvalue weighted by molar-refractivity contribution is -0.0999. The highest BCUT2D eigenvalue weighted by Gasteiger charge is 2.23. The number of ether oxygens (including phenoxy) is 2. The van der Waals surface area contributed by atoms with Gasteiger partial charge in [-0.05, 0) is 6.42 Å². The first-order valence-electron chi connectivity index (χ1n) is 5.09. The smallest absolute Gasteiger partial charge is 0.247 e. The normalized spacial score (nSPS) is 24.0. The zero-order valence-corrected chi connectivity index (χ0v) is 8.68. The third kappa shape index (κ3) is 2.34. The Bertz CT molecular complexity index is 309. The summed E-state index contributed by atoms with van der Waals surface area (Å²) in [5, 5.41) is 7.79. The average Bonchev–Trinajstić information content (AvgIpc) is 2.78. The highest BCUT2D eigenvalue weighted by Crippen LogP contribution is 2.21. The van der Waals surface area contributed by atoms with Crippen molar-refractivity contribution in [2.75, 3.05) is 19.8 Å². The molecule has 1 aromatic rings. The minimum atomic E-state index is -0.246. The van der Waals surface area contributed by atoms with Crippen molar-refractivity contribution in [2.24, 2.45) is 5.73 Å². The Balaban J connectivity index is 2.05. The summed E-state index contributed by atoms with van der Waals surface area (Å²) in [7, 11) is 0. The van der Waals surface area contributed by atoms with Gasteiger partial charge >= 0.3 is 0 Å². The molecule has 6 nitrogen and oxygen atoms in total. The van der Waals surface area contributed by atoms with Crippen LogP contribution in [0, 0.1) is 0 Å². The molecule has 0 bridgehead atoms. The van der Waals surface area contributed by atoms with Crippen LogP contribution in [0.15, 0.2) is 4.42 Å². The maximum absolute atomic E-state index is 5.77. The molecule has 1 saturated heterocycles. The van der Waals surface area contributed by atoms with Crippen molar-refractivity contribution in [1.82, 2.24) is 10.2 Å². The predicted molar refractivity (Wildman–Crippen MR) is 51.0 cm³/mol. The summed E-state index contributed by atoms with van der Waals surface area (Å²) in [5.41, 5.74) is 5.77. The van der Waals surface area contributed by atoms with E-state index in [1.165, 1.54) is 0 Å². The lowest BCUT2D eigenvalue weighted by atomic mass is 10.2. The van der Waals surface area contributed by atoms with Gasteiger partial charge in [-0.2, -0.15) is 0 Å². The van der Waals surface area contributed by atoms with Crippen LogP contribution in [0.25, 0.3) is 0 Å². The Labute approximate surface area is 87.7 Å². The van der Waals surface area contributed by atoms with E-state index in [0.717, 1.165) is 6.42 Å². The van der Waals surface area contributed by atoms with Gasteiger partial charge in [0.15, 0.2) is 6.10 Å². The lowest BCUT2D eigenvalue weighted by Crippen LogP contribution is -2.22. The lowest BCUT2D eigenvalue weighted by Gasteiger charge is -2.19. The Kier molecular flexibility index (Phi) is 3.30. The van der Waals surface area contributed by atoms with E-state index in [4.69, 9.17) is 19.6 Å². The molecule has 1 aromatic heterocycles. The molecule has 1 aliphatic rings. The number of aromatic nitrogens is 2. The van der Waals surface area contributed by atoms with E-state index in [2.05, 4.69) is 10.2 Å². The van der Waals surface area contributed by atoms with Crippen LogP contribution in [-0.2, 0) is 9.47 Å². The highest BCUT2D eigenvalue weighted by atomic mass is 16.6. The summed E-state index contributed by atoms with van der Waals surface area (Å²) in [6.07, 6.45) is 0.521. The maximum atomic E-state index is 5.77. The number of nitrogens with two attached hydrogens (primary N) is 1. The fraction of sp³-hybridized carbons (Fsp3) is 0.778. The largest absolute Gasteiger partial charge is 0.421 e. The molecule has 2 heterocycles. The zero-order valence-electron chi connectivity index (χ0n) is 8.68. The molecule has 84 valence electrons. The van der Waals surface area contributed by atoms with Crippen molar-refractivity contribution >= 4 is 0 Å². The number of rotatable bonds is 3. The van der Waals surface area contributed by atoms with Crippen LogP contribution in [0.5, 0.6) is 0 Å². The van der Waals surface area contributed by atoms with Crippen LogP contribution in [0.3, 0.4) is 0 Å². The molecule has 0 aliphatic carbocycles. The molecule has 0 aromatic carbocycles. The summed E-state index contributed by atoms with van der Waals surface area (Å²) in [6, 6.07) is -0.198. The van der Waals surface area contributed by atoms with E-state index in [9.17, 15) is 0 Å². The van der Waals surface area contributed by atoms with Crippen LogP contribution in [0.2, 0.25) is 0 Å². The monoisotopic (exact) mass is 213 g/mol. The fourth-order valence-electron chi connectivity index (χ4n) is 1.33. The Morgan fingerprint density at radius 3 is 3.00 bits per heavy atom. The van der Waals surface area contributed by atoms with Gasteiger partial charge in [0.1, 0.15) is 0 Å². The standard InChI is InChI=1S/C9H15N3O3/c1-2-6(10)8-11-12-9(15-8)7-5-13-3-4-14-7/h6-7H,2-5,10H2,1H3. The van der Waals surface area contributed by atoms with Gasteiger partial charge in [0.05, 0.1) is 25.9 Å². The minimum Gasteiger partial charge on any atom is -0.421 e. The summed E-state index contributed by atoms with van der Waals surface area (Å²) < 4.78 is 16.1. The number of hydrogen-bond donors (Lipinski definition) is 1. The highest BCUT2D eigenvalue weighted by molar-refractivity contribution is 4.91. The zero-order chi connectivity index (χ0) is 10.7. The molecule has 2 atom stereocenters. The second-order valence-electron chi connectivity index (χ2n) is 3.43. The second-order valence-corrected chi connectivity index (χ2v) is 3.43. The molecule has 1 aliphatic heterocycles. The van der Waals surface area contributed by atoms with Gasteiger partial charge in [-0.1, -0.05) is 6.92 Å². The van der Waals surface area contributed by atoms with E-state index in [1.807, 2.05) is 6.92 Å². The van der Waals surface area contributed by atoms with Crippen LogP contribution >= 0.6 is 0 Å². The minimum absolute atomic E-state index is 0.198. The molecule has 2 N–H and O–H groups in total. The van der Waals surface area contributed by atoms with Gasteiger partial charge in [0.25, 0.3) is 0 Å². The van der Waals surface area contributed by atoms with E-state index in [-0.39, 0.29) is 12.1 Å². The van der Waals surface area contributed by atoms with Crippen LogP contribution in [0.1, 0.15) is 37.3 Å². The fourth-order valence-corrected chi connectivity index (χ4v) is 1.33. The Morgan fingerprint density at radius 2 is 2.33 bits per heavy atom. The summed E-state index contributed by atoms with van der Waals surface area (Å²) in [4.78, 5) is 0. The van der Waals surface area contributed by atoms with E-state index >= 15 is 0 Å². The molecule has 0 saturated carbocycles. The maximum Gasteiger partial charge on any atom is 0.247 e. The first kappa shape index (κ1) is 10.5. The van der Waals surface area contributed by atoms with Crippen LogP contribution in [0.4, 0.5) is 0 Å². The Morgan fingerprint density at radius 1 is 1.47 bits per heavy atom. The molecule has 15 heavy (non-hydrogen) atoms. The van der Waals surface area contributed by atoms with Gasteiger partial charge < -0.3 is 19.6 Å². The van der Waals surface area contributed by atoms with Crippen molar-refractivity contribution in [3.8, 4) is 0 Å². The van der Waals surface area contributed by atoms with Gasteiger partial charge in [0.2, 0.25) is 11.8 Å². The van der Waals surface area contributed by atoms with Gasteiger partial charge in [-0.25, -0.2) is 0 Å². The summed E-state index contributed by atoms with van der Waals surface area (Å²) >= 11 is 0. The second kappa shape index (κ2) is 4.69. The number of nitrogens with zero attached hydrogens (tertiary/aromatic N) is 2. The molecule has 0 radical (unpaired) electrons. The first-order valence-corrected chi connectivity index (χ1v) is 5.09. The quantitative estimate of drug-likeness (QED) is 0.790. The van der Waals surface area contributed by atoms with Gasteiger partial charge in [-0.3, -0.25) is 0 Å². The topological polar surface area (TPSA) is 83.4 Å². The molecule has 0 amide bonds. The summed E-state index contributed by atoms with van der Waals surface area (Å²) in [6.45, 7) is 3.60. The van der Waals surface area contributed by atoms with E-state index in [0.29, 0.717) is 31.6 Å².